The highest BCUT2D eigenvalue weighted by molar-refractivity contribution is 7.13. The summed E-state index contributed by atoms with van der Waals surface area (Å²) in [6.07, 6.45) is 5.89. The Labute approximate surface area is 132 Å². The van der Waals surface area contributed by atoms with Crippen LogP contribution in [0.25, 0.3) is 33.8 Å². The summed E-state index contributed by atoms with van der Waals surface area (Å²) in [5, 5.41) is 2.07. The van der Waals surface area contributed by atoms with Crippen LogP contribution in [0.15, 0.2) is 60.1 Å². The maximum absolute atomic E-state index is 4.50. The Morgan fingerprint density at radius 3 is 2.73 bits per heavy atom. The zero-order valence-electron chi connectivity index (χ0n) is 11.7. The first-order valence-corrected chi connectivity index (χ1v) is 7.89. The van der Waals surface area contributed by atoms with E-state index in [1.54, 1.807) is 11.3 Å². The SMILES string of the molecule is C(=Cc1nc2ncc(-c3cccs3)cc2[nH]1)c1ccccc1. The molecule has 4 heteroatoms. The molecule has 0 aliphatic carbocycles. The number of pyridine rings is 1. The van der Waals surface area contributed by atoms with Gasteiger partial charge in [-0.25, -0.2) is 9.97 Å². The zero-order chi connectivity index (χ0) is 14.8. The Morgan fingerprint density at radius 1 is 1.00 bits per heavy atom. The van der Waals surface area contributed by atoms with Crippen molar-refractivity contribution in [3.63, 3.8) is 0 Å². The minimum absolute atomic E-state index is 0.744. The third kappa shape index (κ3) is 2.56. The van der Waals surface area contributed by atoms with E-state index in [0.29, 0.717) is 0 Å². The van der Waals surface area contributed by atoms with Crippen LogP contribution in [0.5, 0.6) is 0 Å². The lowest BCUT2D eigenvalue weighted by molar-refractivity contribution is 1.27. The fourth-order valence-electron chi connectivity index (χ4n) is 2.31. The van der Waals surface area contributed by atoms with E-state index in [4.69, 9.17) is 0 Å². The van der Waals surface area contributed by atoms with Crippen LogP contribution in [-0.2, 0) is 0 Å². The fourth-order valence-corrected chi connectivity index (χ4v) is 3.02. The van der Waals surface area contributed by atoms with Crippen molar-refractivity contribution in [3.05, 3.63) is 71.5 Å². The maximum atomic E-state index is 4.50. The molecule has 3 aromatic heterocycles. The zero-order valence-corrected chi connectivity index (χ0v) is 12.5. The van der Waals surface area contributed by atoms with Crippen LogP contribution >= 0.6 is 11.3 Å². The van der Waals surface area contributed by atoms with Crippen molar-refractivity contribution in [2.75, 3.05) is 0 Å². The van der Waals surface area contributed by atoms with Gasteiger partial charge in [0.05, 0.1) is 5.52 Å². The summed E-state index contributed by atoms with van der Waals surface area (Å²) in [5.74, 6) is 0.815. The molecule has 0 aliphatic rings. The third-order valence-electron chi connectivity index (χ3n) is 3.39. The van der Waals surface area contributed by atoms with Gasteiger partial charge in [0.15, 0.2) is 5.65 Å². The van der Waals surface area contributed by atoms with Crippen molar-refractivity contribution in [2.45, 2.75) is 0 Å². The molecule has 0 saturated heterocycles. The molecule has 1 aromatic carbocycles. The quantitative estimate of drug-likeness (QED) is 0.587. The second-order valence-electron chi connectivity index (χ2n) is 4.94. The number of hydrogen-bond donors (Lipinski definition) is 1. The Hall–Kier alpha value is -2.72. The van der Waals surface area contributed by atoms with E-state index in [1.165, 1.54) is 4.88 Å². The number of imidazole rings is 1. The standard InChI is InChI=1S/C18H13N3S/c1-2-5-13(6-3-1)8-9-17-20-15-11-14(12-19-18(15)21-17)16-7-4-10-22-16/h1-12H,(H,19,20,21). The van der Waals surface area contributed by atoms with Crippen LogP contribution in [0.1, 0.15) is 11.4 Å². The average Bonchev–Trinajstić information content (AvgIpc) is 3.22. The second-order valence-corrected chi connectivity index (χ2v) is 5.89. The lowest BCUT2D eigenvalue weighted by Gasteiger charge is -1.95. The van der Waals surface area contributed by atoms with Gasteiger partial charge in [-0.15, -0.1) is 11.3 Å². The Morgan fingerprint density at radius 2 is 1.91 bits per heavy atom. The molecule has 0 bridgehead atoms. The van der Waals surface area contributed by atoms with Crippen molar-refractivity contribution in [1.29, 1.82) is 0 Å². The predicted octanol–water partition coefficient (Wildman–Crippen LogP) is 4.86. The molecule has 1 N–H and O–H groups in total. The van der Waals surface area contributed by atoms with E-state index in [9.17, 15) is 0 Å². The molecule has 3 nitrogen and oxygen atoms in total. The minimum Gasteiger partial charge on any atom is -0.337 e. The highest BCUT2D eigenvalue weighted by Gasteiger charge is 2.05. The van der Waals surface area contributed by atoms with E-state index in [1.807, 2.05) is 42.6 Å². The molecule has 0 spiro atoms. The summed E-state index contributed by atoms with van der Waals surface area (Å²) >= 11 is 1.71. The summed E-state index contributed by atoms with van der Waals surface area (Å²) < 4.78 is 0. The van der Waals surface area contributed by atoms with Gasteiger partial charge in [0, 0.05) is 16.6 Å². The molecule has 3 heterocycles. The topological polar surface area (TPSA) is 41.6 Å². The lowest BCUT2D eigenvalue weighted by atomic mass is 10.2. The van der Waals surface area contributed by atoms with Gasteiger partial charge >= 0.3 is 0 Å². The van der Waals surface area contributed by atoms with E-state index in [2.05, 4.69) is 44.6 Å². The second kappa shape index (κ2) is 5.58. The van der Waals surface area contributed by atoms with Crippen molar-refractivity contribution < 1.29 is 0 Å². The molecule has 0 saturated carbocycles. The first-order valence-electron chi connectivity index (χ1n) is 7.01. The minimum atomic E-state index is 0.744. The number of H-pyrrole nitrogens is 1. The number of benzene rings is 1. The van der Waals surface area contributed by atoms with E-state index < -0.39 is 0 Å². The average molecular weight is 303 g/mol. The molecule has 0 aliphatic heterocycles. The number of nitrogens with one attached hydrogen (secondary N) is 1. The molecular formula is C18H13N3S. The van der Waals surface area contributed by atoms with Crippen LogP contribution < -0.4 is 0 Å². The van der Waals surface area contributed by atoms with Gasteiger partial charge in [0.1, 0.15) is 5.82 Å². The summed E-state index contributed by atoms with van der Waals surface area (Å²) in [6.45, 7) is 0. The van der Waals surface area contributed by atoms with Crippen molar-refractivity contribution >= 4 is 34.7 Å². The molecule has 0 amide bonds. The Balaban J connectivity index is 1.67. The summed E-state index contributed by atoms with van der Waals surface area (Å²) in [7, 11) is 0. The molecule has 22 heavy (non-hydrogen) atoms. The highest BCUT2D eigenvalue weighted by Crippen LogP contribution is 2.26. The molecule has 106 valence electrons. The van der Waals surface area contributed by atoms with Gasteiger partial charge in [-0.05, 0) is 29.2 Å². The van der Waals surface area contributed by atoms with Crippen molar-refractivity contribution in [3.8, 4) is 10.4 Å². The number of thiophene rings is 1. The summed E-state index contributed by atoms with van der Waals surface area (Å²) in [4.78, 5) is 13.5. The first-order chi connectivity index (χ1) is 10.9. The Kier molecular flexibility index (Phi) is 3.29. The van der Waals surface area contributed by atoms with Crippen LogP contribution in [0.2, 0.25) is 0 Å². The highest BCUT2D eigenvalue weighted by atomic mass is 32.1. The monoisotopic (exact) mass is 303 g/mol. The molecule has 0 fully saturated rings. The van der Waals surface area contributed by atoms with E-state index >= 15 is 0 Å². The third-order valence-corrected chi connectivity index (χ3v) is 4.31. The number of hydrogen-bond acceptors (Lipinski definition) is 3. The van der Waals surface area contributed by atoms with Gasteiger partial charge in [0.2, 0.25) is 0 Å². The molecular weight excluding hydrogens is 290 g/mol. The molecule has 0 radical (unpaired) electrons. The van der Waals surface area contributed by atoms with Crippen LogP contribution in [-0.4, -0.2) is 15.0 Å². The van der Waals surface area contributed by atoms with Crippen LogP contribution in [0, 0.1) is 0 Å². The summed E-state index contributed by atoms with van der Waals surface area (Å²) in [5.41, 5.74) is 3.96. The number of nitrogens with zero attached hydrogens (tertiary/aromatic N) is 2. The number of rotatable bonds is 3. The summed E-state index contributed by atoms with van der Waals surface area (Å²) in [6, 6.07) is 16.4. The largest absolute Gasteiger partial charge is 0.337 e. The van der Waals surface area contributed by atoms with Crippen LogP contribution in [0.3, 0.4) is 0 Å². The molecule has 0 atom stereocenters. The van der Waals surface area contributed by atoms with Gasteiger partial charge in [-0.3, -0.25) is 0 Å². The molecule has 4 aromatic rings. The van der Waals surface area contributed by atoms with Crippen molar-refractivity contribution in [2.24, 2.45) is 0 Å². The number of aromatic nitrogens is 3. The fraction of sp³-hybridized carbons (Fsp3) is 0. The van der Waals surface area contributed by atoms with Gasteiger partial charge in [0.25, 0.3) is 0 Å². The Bertz CT molecular complexity index is 922. The number of aromatic amines is 1. The first kappa shape index (κ1) is 13.0. The van der Waals surface area contributed by atoms with Crippen LogP contribution in [0.4, 0.5) is 0 Å². The smallest absolute Gasteiger partial charge is 0.178 e. The van der Waals surface area contributed by atoms with Crippen molar-refractivity contribution in [1.82, 2.24) is 15.0 Å². The van der Waals surface area contributed by atoms with Gasteiger partial charge in [-0.2, -0.15) is 0 Å². The normalized spacial score (nSPS) is 11.5. The maximum Gasteiger partial charge on any atom is 0.178 e. The van der Waals surface area contributed by atoms with E-state index in [0.717, 1.165) is 28.1 Å². The van der Waals surface area contributed by atoms with Gasteiger partial charge in [-0.1, -0.05) is 42.5 Å². The number of fused-ring (bicyclic) bond motifs is 1. The molecule has 0 unspecified atom stereocenters. The predicted molar refractivity (Wildman–Crippen MR) is 92.6 cm³/mol. The lowest BCUT2D eigenvalue weighted by Crippen LogP contribution is -1.78. The van der Waals surface area contributed by atoms with Gasteiger partial charge < -0.3 is 4.98 Å². The van der Waals surface area contributed by atoms with E-state index in [-0.39, 0.29) is 0 Å². The molecule has 4 rings (SSSR count).